The van der Waals surface area contributed by atoms with Crippen LogP contribution in [0, 0.1) is 0 Å². The Labute approximate surface area is 78.5 Å². The third-order valence-electron chi connectivity index (χ3n) is 1.11. The summed E-state index contributed by atoms with van der Waals surface area (Å²) in [7, 11) is -3.17. The minimum absolute atomic E-state index is 0.181. The summed E-state index contributed by atoms with van der Waals surface area (Å²) in [6.45, 7) is 5.39. The number of allylic oxidation sites excluding steroid dienone is 1. The van der Waals surface area contributed by atoms with Crippen LogP contribution in [-0.4, -0.2) is 19.0 Å². The van der Waals surface area contributed by atoms with Gasteiger partial charge >= 0.3 is 7.60 Å². The predicted octanol–water partition coefficient (Wildman–Crippen LogP) is 2.36. The minimum Gasteiger partial charge on any atom is -0.306 e. The largest absolute Gasteiger partial charge is 0.354 e. The maximum Gasteiger partial charge on any atom is 0.354 e. The molecule has 0 aromatic heterocycles. The van der Waals surface area contributed by atoms with Crippen molar-refractivity contribution in [1.82, 2.24) is 0 Å². The van der Waals surface area contributed by atoms with Crippen molar-refractivity contribution in [2.24, 2.45) is 0 Å². The van der Waals surface area contributed by atoms with Gasteiger partial charge in [-0.3, -0.25) is 9.36 Å². The highest BCUT2D eigenvalue weighted by molar-refractivity contribution is 7.57. The molecule has 0 saturated heterocycles. The highest BCUT2D eigenvalue weighted by atomic mass is 31.2. The quantitative estimate of drug-likeness (QED) is 0.494. The first-order valence-electron chi connectivity index (χ1n) is 4.12. The highest BCUT2D eigenvalue weighted by Gasteiger charge is 2.18. The van der Waals surface area contributed by atoms with Crippen LogP contribution in [-0.2, 0) is 18.4 Å². The summed E-state index contributed by atoms with van der Waals surface area (Å²) in [6.07, 6.45) is 1.20. The van der Waals surface area contributed by atoms with Gasteiger partial charge in [0.25, 0.3) is 0 Å². The molecule has 0 saturated carbocycles. The zero-order valence-electron chi connectivity index (χ0n) is 8.15. The van der Waals surface area contributed by atoms with Crippen molar-refractivity contribution in [2.45, 2.75) is 20.8 Å². The van der Waals surface area contributed by atoms with Crippen LogP contribution >= 0.6 is 7.60 Å². The Morgan fingerprint density at radius 3 is 2.08 bits per heavy atom. The van der Waals surface area contributed by atoms with Crippen molar-refractivity contribution < 1.29 is 18.4 Å². The molecule has 0 bridgehead atoms. The van der Waals surface area contributed by atoms with E-state index in [1.807, 2.05) is 0 Å². The van der Waals surface area contributed by atoms with Crippen molar-refractivity contribution in [3.05, 3.63) is 11.9 Å². The lowest BCUT2D eigenvalue weighted by atomic mass is 10.5. The molecule has 0 aromatic rings. The topological polar surface area (TPSA) is 52.6 Å². The molecule has 0 aromatic carbocycles. The Bertz CT molecular complexity index is 224. The standard InChI is InChI=1S/C8H15O4P/c1-4-11-13(10,12-5-2)7-6-8(3)9/h6-7H,4-5H2,1-3H3/b7-6+. The van der Waals surface area contributed by atoms with Gasteiger partial charge in [-0.1, -0.05) is 0 Å². The van der Waals surface area contributed by atoms with E-state index in [9.17, 15) is 9.36 Å². The molecule has 0 rings (SSSR count). The lowest BCUT2D eigenvalue weighted by Crippen LogP contribution is -1.93. The van der Waals surface area contributed by atoms with Crippen LogP contribution in [0.3, 0.4) is 0 Å². The molecule has 0 aliphatic carbocycles. The van der Waals surface area contributed by atoms with E-state index in [4.69, 9.17) is 9.05 Å². The fourth-order valence-electron chi connectivity index (χ4n) is 0.679. The van der Waals surface area contributed by atoms with E-state index in [0.717, 1.165) is 0 Å². The first-order chi connectivity index (χ1) is 6.04. The fraction of sp³-hybridized carbons (Fsp3) is 0.625. The molecule has 0 amide bonds. The predicted molar refractivity (Wildman–Crippen MR) is 50.7 cm³/mol. The molecule has 0 aliphatic rings. The SMILES string of the molecule is CCOP(=O)(/C=C/C(C)=O)OCC. The molecule has 0 fully saturated rings. The van der Waals surface area contributed by atoms with Crippen LogP contribution < -0.4 is 0 Å². The zero-order valence-corrected chi connectivity index (χ0v) is 9.04. The van der Waals surface area contributed by atoms with Gasteiger partial charge in [-0.05, 0) is 26.8 Å². The van der Waals surface area contributed by atoms with Gasteiger partial charge in [0.2, 0.25) is 0 Å². The molecular formula is C8H15O4P. The van der Waals surface area contributed by atoms with Gasteiger partial charge in [-0.2, -0.15) is 0 Å². The second-order valence-electron chi connectivity index (χ2n) is 2.30. The van der Waals surface area contributed by atoms with Gasteiger partial charge in [-0.15, -0.1) is 0 Å². The normalized spacial score (nSPS) is 12.2. The van der Waals surface area contributed by atoms with E-state index in [1.54, 1.807) is 13.8 Å². The fourth-order valence-corrected chi connectivity index (χ4v) is 2.04. The smallest absolute Gasteiger partial charge is 0.306 e. The monoisotopic (exact) mass is 206 g/mol. The molecule has 0 spiro atoms. The van der Waals surface area contributed by atoms with Crippen molar-refractivity contribution >= 4 is 13.4 Å². The third kappa shape index (κ3) is 5.75. The van der Waals surface area contributed by atoms with E-state index in [0.29, 0.717) is 13.2 Å². The van der Waals surface area contributed by atoms with Gasteiger partial charge in [0.1, 0.15) is 0 Å². The van der Waals surface area contributed by atoms with Gasteiger partial charge in [0.05, 0.1) is 13.2 Å². The Morgan fingerprint density at radius 2 is 1.77 bits per heavy atom. The van der Waals surface area contributed by atoms with Crippen LogP contribution in [0.4, 0.5) is 0 Å². The van der Waals surface area contributed by atoms with E-state index in [-0.39, 0.29) is 5.78 Å². The van der Waals surface area contributed by atoms with Gasteiger partial charge in [0, 0.05) is 5.82 Å². The Morgan fingerprint density at radius 1 is 1.31 bits per heavy atom. The molecule has 0 aliphatic heterocycles. The van der Waals surface area contributed by atoms with Crippen molar-refractivity contribution in [1.29, 1.82) is 0 Å². The van der Waals surface area contributed by atoms with E-state index in [2.05, 4.69) is 0 Å². The number of carbonyl (C=O) groups is 1. The summed E-state index contributed by atoms with van der Waals surface area (Å²) < 4.78 is 21.5. The third-order valence-corrected chi connectivity index (χ3v) is 2.86. The number of hydrogen-bond donors (Lipinski definition) is 0. The van der Waals surface area contributed by atoms with Crippen molar-refractivity contribution in [3.63, 3.8) is 0 Å². The van der Waals surface area contributed by atoms with Crippen LogP contribution in [0.1, 0.15) is 20.8 Å². The lowest BCUT2D eigenvalue weighted by Gasteiger charge is -2.11. The molecule has 0 heterocycles. The summed E-state index contributed by atoms with van der Waals surface area (Å²) in [5.41, 5.74) is 0. The molecule has 0 radical (unpaired) electrons. The van der Waals surface area contributed by atoms with Gasteiger partial charge in [0.15, 0.2) is 5.78 Å². The van der Waals surface area contributed by atoms with Crippen molar-refractivity contribution in [3.8, 4) is 0 Å². The molecule has 4 nitrogen and oxygen atoms in total. The highest BCUT2D eigenvalue weighted by Crippen LogP contribution is 2.49. The first kappa shape index (κ1) is 12.6. The Kier molecular flexibility index (Phi) is 5.88. The van der Waals surface area contributed by atoms with Crippen LogP contribution in [0.2, 0.25) is 0 Å². The van der Waals surface area contributed by atoms with Crippen LogP contribution in [0.15, 0.2) is 11.9 Å². The summed E-state index contributed by atoms with van der Waals surface area (Å²) in [6, 6.07) is 0. The number of hydrogen-bond acceptors (Lipinski definition) is 4. The van der Waals surface area contributed by atoms with Gasteiger partial charge < -0.3 is 9.05 Å². The Hall–Kier alpha value is -0.440. The van der Waals surface area contributed by atoms with Gasteiger partial charge in [-0.25, -0.2) is 0 Å². The first-order valence-corrected chi connectivity index (χ1v) is 5.74. The molecule has 5 heteroatoms. The summed E-state index contributed by atoms with van der Waals surface area (Å²) in [5, 5.41) is 0. The number of ketones is 1. The number of rotatable bonds is 6. The maximum absolute atomic E-state index is 11.6. The van der Waals surface area contributed by atoms with Crippen LogP contribution in [0.25, 0.3) is 0 Å². The molecular weight excluding hydrogens is 191 g/mol. The van der Waals surface area contributed by atoms with E-state index < -0.39 is 7.60 Å². The van der Waals surface area contributed by atoms with E-state index >= 15 is 0 Å². The lowest BCUT2D eigenvalue weighted by molar-refractivity contribution is -0.112. The zero-order chi connectivity index (χ0) is 10.3. The average molecular weight is 206 g/mol. The van der Waals surface area contributed by atoms with Crippen LogP contribution in [0.5, 0.6) is 0 Å². The van der Waals surface area contributed by atoms with E-state index in [1.165, 1.54) is 18.8 Å². The minimum atomic E-state index is -3.17. The molecule has 0 unspecified atom stereocenters. The summed E-state index contributed by atoms with van der Waals surface area (Å²) in [5.74, 6) is 1.02. The second-order valence-corrected chi connectivity index (χ2v) is 4.20. The molecule has 76 valence electrons. The van der Waals surface area contributed by atoms with Crippen molar-refractivity contribution in [2.75, 3.05) is 13.2 Å². The number of carbonyl (C=O) groups excluding carboxylic acids is 1. The second kappa shape index (κ2) is 6.08. The maximum atomic E-state index is 11.6. The molecule has 13 heavy (non-hydrogen) atoms. The molecule has 0 N–H and O–H groups in total. The Balaban J connectivity index is 4.40. The summed E-state index contributed by atoms with van der Waals surface area (Å²) in [4.78, 5) is 10.6. The molecule has 0 atom stereocenters. The summed E-state index contributed by atoms with van der Waals surface area (Å²) >= 11 is 0. The average Bonchev–Trinajstić information content (AvgIpc) is 2.02.